The highest BCUT2D eigenvalue weighted by Gasteiger charge is 2.27. The molecule has 4 aromatic rings. The van der Waals surface area contributed by atoms with Gasteiger partial charge in [0.1, 0.15) is 11.4 Å². The van der Waals surface area contributed by atoms with Crippen LogP contribution in [-0.4, -0.2) is 49.5 Å². The maximum absolute atomic E-state index is 14.0. The van der Waals surface area contributed by atoms with Gasteiger partial charge in [-0.05, 0) is 69.4 Å². The molecule has 222 valence electrons. The molecule has 1 saturated heterocycles. The number of rotatable bonds is 8. The van der Waals surface area contributed by atoms with Crippen molar-refractivity contribution in [1.82, 2.24) is 24.0 Å². The minimum Gasteiger partial charge on any atom is -0.444 e. The van der Waals surface area contributed by atoms with Crippen molar-refractivity contribution in [3.05, 3.63) is 93.2 Å². The highest BCUT2D eigenvalue weighted by molar-refractivity contribution is 5.83. The minimum absolute atomic E-state index is 0.161. The number of hydrogen-bond acceptors (Lipinski definition) is 6. The molecule has 0 radical (unpaired) electrons. The van der Waals surface area contributed by atoms with Gasteiger partial charge in [-0.25, -0.2) is 14.6 Å². The molecule has 1 amide bonds. The van der Waals surface area contributed by atoms with E-state index in [0.29, 0.717) is 38.4 Å². The third-order valence-corrected chi connectivity index (χ3v) is 7.58. The Morgan fingerprint density at radius 3 is 2.57 bits per heavy atom. The van der Waals surface area contributed by atoms with Gasteiger partial charge in [0.2, 0.25) is 0 Å². The lowest BCUT2D eigenvalue weighted by atomic mass is 10.1. The number of amides is 1. The number of benzene rings is 2. The van der Waals surface area contributed by atoms with E-state index in [0.717, 1.165) is 34.9 Å². The van der Waals surface area contributed by atoms with E-state index < -0.39 is 11.7 Å². The second kappa shape index (κ2) is 12.3. The van der Waals surface area contributed by atoms with Gasteiger partial charge in [0.15, 0.2) is 0 Å². The number of alkyl carbamates (subject to hydrolysis) is 1. The first-order chi connectivity index (χ1) is 20.1. The van der Waals surface area contributed by atoms with Gasteiger partial charge in [-0.15, -0.1) is 0 Å². The molecule has 0 unspecified atom stereocenters. The Labute approximate surface area is 245 Å². The van der Waals surface area contributed by atoms with Crippen molar-refractivity contribution in [2.45, 2.75) is 78.2 Å². The number of fused-ring (bicyclic) bond motifs is 1. The fraction of sp³-hybridized carbons (Fsp3) is 0.438. The van der Waals surface area contributed by atoms with Gasteiger partial charge in [0.05, 0.1) is 12.9 Å². The lowest BCUT2D eigenvalue weighted by molar-refractivity contribution is 0.0500. The van der Waals surface area contributed by atoms with E-state index in [2.05, 4.69) is 14.9 Å². The molecule has 1 aliphatic rings. The van der Waals surface area contributed by atoms with Crippen LogP contribution in [0.5, 0.6) is 0 Å². The lowest BCUT2D eigenvalue weighted by Gasteiger charge is -2.36. The zero-order valence-corrected chi connectivity index (χ0v) is 24.9. The Hall–Kier alpha value is -4.34. The van der Waals surface area contributed by atoms with Gasteiger partial charge in [-0.3, -0.25) is 13.9 Å². The normalized spacial score (nSPS) is 15.6. The summed E-state index contributed by atoms with van der Waals surface area (Å²) in [6.07, 6.45) is 5.42. The van der Waals surface area contributed by atoms with Crippen molar-refractivity contribution in [3.63, 3.8) is 0 Å². The maximum atomic E-state index is 14.0. The summed E-state index contributed by atoms with van der Waals surface area (Å²) in [5, 5.41) is 5.14. The standard InChI is InChI=1S/C32H40N6O4/c1-23-19-33-22-36(23)15-8-16-37-28(35-14-7-11-27(21-35)34-30(40)42-32(2,3)4)18-29(39)38(31(37)41)20-24-12-13-25-9-5-6-10-26(25)17-24/h5-6,9-10,12-13,17-19,22,27H,7-8,11,14-16,20-21H2,1-4H3,(H,34,40)/t27-/m1/s1. The summed E-state index contributed by atoms with van der Waals surface area (Å²) in [6, 6.07) is 15.4. The quantitative estimate of drug-likeness (QED) is 0.338. The Morgan fingerprint density at radius 2 is 1.83 bits per heavy atom. The number of ether oxygens (including phenoxy) is 1. The summed E-state index contributed by atoms with van der Waals surface area (Å²) >= 11 is 0. The third-order valence-electron chi connectivity index (χ3n) is 7.58. The number of anilines is 1. The predicted octanol–water partition coefficient (Wildman–Crippen LogP) is 4.30. The van der Waals surface area contributed by atoms with Crippen molar-refractivity contribution in [2.75, 3.05) is 18.0 Å². The van der Waals surface area contributed by atoms with Gasteiger partial charge in [-0.2, -0.15) is 0 Å². The molecule has 0 spiro atoms. The average Bonchev–Trinajstić information content (AvgIpc) is 3.35. The third kappa shape index (κ3) is 6.92. The minimum atomic E-state index is -0.595. The molecule has 0 aliphatic carbocycles. The van der Waals surface area contributed by atoms with Crippen molar-refractivity contribution in [1.29, 1.82) is 0 Å². The Kier molecular flexibility index (Phi) is 8.51. The fourth-order valence-corrected chi connectivity index (χ4v) is 5.54. The molecule has 2 aromatic heterocycles. The second-order valence-electron chi connectivity index (χ2n) is 12.1. The van der Waals surface area contributed by atoms with E-state index in [1.54, 1.807) is 17.0 Å². The van der Waals surface area contributed by atoms with Crippen LogP contribution in [0.4, 0.5) is 10.6 Å². The predicted molar refractivity (Wildman–Crippen MR) is 164 cm³/mol. The van der Waals surface area contributed by atoms with Gasteiger partial charge in [-0.1, -0.05) is 36.4 Å². The summed E-state index contributed by atoms with van der Waals surface area (Å²) in [4.78, 5) is 46.2. The first-order valence-corrected chi connectivity index (χ1v) is 14.6. The number of carbonyl (C=O) groups excluding carboxylic acids is 1. The highest BCUT2D eigenvalue weighted by atomic mass is 16.6. The Balaban J connectivity index is 1.43. The molecule has 0 bridgehead atoms. The van der Waals surface area contributed by atoms with Gasteiger partial charge < -0.3 is 19.5 Å². The molecule has 1 fully saturated rings. The molecule has 10 nitrogen and oxygen atoms in total. The lowest BCUT2D eigenvalue weighted by Crippen LogP contribution is -2.51. The van der Waals surface area contributed by atoms with E-state index in [9.17, 15) is 14.4 Å². The molecule has 1 atom stereocenters. The van der Waals surface area contributed by atoms with Crippen molar-refractivity contribution in [2.24, 2.45) is 0 Å². The van der Waals surface area contributed by atoms with E-state index in [1.807, 2.05) is 81.3 Å². The molecular formula is C32H40N6O4. The summed E-state index contributed by atoms with van der Waals surface area (Å²) in [5.41, 5.74) is 0.668. The van der Waals surface area contributed by atoms with E-state index >= 15 is 0 Å². The summed E-state index contributed by atoms with van der Waals surface area (Å²) in [6.45, 7) is 9.97. The molecule has 42 heavy (non-hydrogen) atoms. The maximum Gasteiger partial charge on any atom is 0.407 e. The zero-order valence-electron chi connectivity index (χ0n) is 24.9. The Bertz CT molecular complexity index is 1680. The van der Waals surface area contributed by atoms with Crippen LogP contribution in [0.25, 0.3) is 10.8 Å². The fourth-order valence-electron chi connectivity index (χ4n) is 5.54. The second-order valence-corrected chi connectivity index (χ2v) is 12.1. The number of imidazole rings is 1. The number of aromatic nitrogens is 4. The van der Waals surface area contributed by atoms with Crippen LogP contribution in [0, 0.1) is 6.92 Å². The van der Waals surface area contributed by atoms with Crippen LogP contribution in [-0.2, 0) is 24.4 Å². The molecule has 2 aromatic carbocycles. The topological polar surface area (TPSA) is 103 Å². The van der Waals surface area contributed by atoms with Crippen LogP contribution in [0.1, 0.15) is 51.3 Å². The van der Waals surface area contributed by atoms with Gasteiger partial charge in [0.25, 0.3) is 5.56 Å². The number of hydrogen-bond donors (Lipinski definition) is 1. The molecule has 5 rings (SSSR count). The van der Waals surface area contributed by atoms with E-state index in [-0.39, 0.29) is 23.8 Å². The zero-order chi connectivity index (χ0) is 29.9. The summed E-state index contributed by atoms with van der Waals surface area (Å²) in [7, 11) is 0. The van der Waals surface area contributed by atoms with Crippen LogP contribution in [0.3, 0.4) is 0 Å². The van der Waals surface area contributed by atoms with Crippen molar-refractivity contribution < 1.29 is 9.53 Å². The van der Waals surface area contributed by atoms with E-state index in [4.69, 9.17) is 4.74 Å². The number of nitrogens with one attached hydrogen (secondary N) is 1. The molecule has 1 aliphatic heterocycles. The molecule has 1 N–H and O–H groups in total. The summed E-state index contributed by atoms with van der Waals surface area (Å²) in [5.74, 6) is 0.581. The molecule has 3 heterocycles. The van der Waals surface area contributed by atoms with Crippen molar-refractivity contribution in [3.8, 4) is 0 Å². The SMILES string of the molecule is Cc1cncn1CCCn1c(N2CCC[C@@H](NC(=O)OC(C)(C)C)C2)cc(=O)n(Cc2ccc3ccccc3c2)c1=O. The highest BCUT2D eigenvalue weighted by Crippen LogP contribution is 2.20. The summed E-state index contributed by atoms with van der Waals surface area (Å²) < 4.78 is 10.5. The van der Waals surface area contributed by atoms with Crippen LogP contribution < -0.4 is 21.5 Å². The average molecular weight is 573 g/mol. The van der Waals surface area contributed by atoms with Crippen molar-refractivity contribution >= 4 is 22.7 Å². The van der Waals surface area contributed by atoms with Gasteiger partial charge in [0, 0.05) is 50.2 Å². The first-order valence-electron chi connectivity index (χ1n) is 14.6. The smallest absolute Gasteiger partial charge is 0.407 e. The monoisotopic (exact) mass is 572 g/mol. The number of piperidine rings is 1. The Morgan fingerprint density at radius 1 is 1.05 bits per heavy atom. The molecule has 0 saturated carbocycles. The number of aryl methyl sites for hydroxylation is 2. The molecule has 10 heteroatoms. The number of nitrogens with zero attached hydrogens (tertiary/aromatic N) is 5. The van der Waals surface area contributed by atoms with Crippen LogP contribution in [0.15, 0.2) is 70.6 Å². The molecular weight excluding hydrogens is 532 g/mol. The van der Waals surface area contributed by atoms with Crippen LogP contribution >= 0.6 is 0 Å². The van der Waals surface area contributed by atoms with E-state index in [1.165, 1.54) is 4.57 Å². The first kappa shape index (κ1) is 29.2. The van der Waals surface area contributed by atoms with Gasteiger partial charge >= 0.3 is 11.8 Å². The van der Waals surface area contributed by atoms with Crippen LogP contribution in [0.2, 0.25) is 0 Å². The largest absolute Gasteiger partial charge is 0.444 e. The number of carbonyl (C=O) groups is 1.